The summed E-state index contributed by atoms with van der Waals surface area (Å²) in [6, 6.07) is 7.03. The average molecular weight is 296 g/mol. The molecule has 0 aliphatic carbocycles. The molecule has 1 atom stereocenters. The van der Waals surface area contributed by atoms with Crippen molar-refractivity contribution in [2.45, 2.75) is 11.7 Å². The Morgan fingerprint density at radius 2 is 2.37 bits per heavy atom. The number of ether oxygens (including phenoxy) is 1. The number of benzene rings is 1. The zero-order valence-electron chi connectivity index (χ0n) is 10.1. The van der Waals surface area contributed by atoms with Gasteiger partial charge in [-0.1, -0.05) is 30.0 Å². The topological polar surface area (TPSA) is 67.4 Å². The van der Waals surface area contributed by atoms with Gasteiger partial charge in [0.05, 0.1) is 12.4 Å². The van der Waals surface area contributed by atoms with Crippen molar-refractivity contribution in [3.05, 3.63) is 24.3 Å². The fraction of sp³-hybridized carbons (Fsp3) is 0.250. The minimum atomic E-state index is -0.446. The van der Waals surface area contributed by atoms with Crippen molar-refractivity contribution in [3.8, 4) is 5.75 Å². The Labute approximate surface area is 120 Å². The van der Waals surface area contributed by atoms with E-state index in [0.717, 1.165) is 0 Å². The number of nitrogens with one attached hydrogen (secondary N) is 2. The molecular weight excluding hydrogens is 284 g/mol. The quantitative estimate of drug-likeness (QED) is 0.825. The number of hydrogen-bond donors (Lipinski definition) is 2. The fourth-order valence-electron chi connectivity index (χ4n) is 1.61. The first kappa shape index (κ1) is 13.8. The van der Waals surface area contributed by atoms with Crippen molar-refractivity contribution < 1.29 is 14.3 Å². The predicted octanol–water partition coefficient (Wildman–Crippen LogP) is 1.54. The van der Waals surface area contributed by atoms with E-state index < -0.39 is 5.25 Å². The van der Waals surface area contributed by atoms with Crippen molar-refractivity contribution in [1.82, 2.24) is 5.32 Å². The van der Waals surface area contributed by atoms with Gasteiger partial charge in [-0.3, -0.25) is 9.59 Å². The SMILES string of the molecule is COc1cccc(NC(=O)C[C@H]2SC(=S)NC2=O)c1. The lowest BCUT2D eigenvalue weighted by Crippen LogP contribution is -2.27. The van der Waals surface area contributed by atoms with Crippen LogP contribution in [0.4, 0.5) is 5.69 Å². The van der Waals surface area contributed by atoms with E-state index in [2.05, 4.69) is 10.6 Å². The van der Waals surface area contributed by atoms with Gasteiger partial charge >= 0.3 is 0 Å². The van der Waals surface area contributed by atoms with E-state index in [9.17, 15) is 9.59 Å². The summed E-state index contributed by atoms with van der Waals surface area (Å²) in [6.45, 7) is 0. The maximum absolute atomic E-state index is 11.8. The van der Waals surface area contributed by atoms with Gasteiger partial charge in [0.15, 0.2) is 0 Å². The summed E-state index contributed by atoms with van der Waals surface area (Å²) in [7, 11) is 1.56. The minimum Gasteiger partial charge on any atom is -0.497 e. The molecule has 2 rings (SSSR count). The van der Waals surface area contributed by atoms with E-state index in [0.29, 0.717) is 15.8 Å². The molecule has 0 aromatic heterocycles. The number of methoxy groups -OCH3 is 1. The molecule has 100 valence electrons. The Kier molecular flexibility index (Phi) is 4.39. The molecule has 5 nitrogen and oxygen atoms in total. The van der Waals surface area contributed by atoms with E-state index in [1.54, 1.807) is 31.4 Å². The van der Waals surface area contributed by atoms with Gasteiger partial charge in [0.1, 0.15) is 10.1 Å². The number of carbonyl (C=O) groups excluding carboxylic acids is 2. The van der Waals surface area contributed by atoms with Gasteiger partial charge in [-0.25, -0.2) is 0 Å². The zero-order chi connectivity index (χ0) is 13.8. The smallest absolute Gasteiger partial charge is 0.239 e. The molecule has 0 saturated carbocycles. The Hall–Kier alpha value is -1.60. The fourth-order valence-corrected chi connectivity index (χ4v) is 2.88. The monoisotopic (exact) mass is 296 g/mol. The molecular formula is C12H12N2O3S2. The van der Waals surface area contributed by atoms with E-state index in [4.69, 9.17) is 17.0 Å². The number of carbonyl (C=O) groups is 2. The van der Waals surface area contributed by atoms with Crippen molar-refractivity contribution in [2.75, 3.05) is 12.4 Å². The molecule has 7 heteroatoms. The van der Waals surface area contributed by atoms with Crippen LogP contribution in [0.25, 0.3) is 0 Å². The van der Waals surface area contributed by atoms with Crippen LogP contribution in [-0.2, 0) is 9.59 Å². The van der Waals surface area contributed by atoms with Gasteiger partial charge in [0.2, 0.25) is 11.8 Å². The number of anilines is 1. The molecule has 1 saturated heterocycles. The molecule has 1 aromatic carbocycles. The number of thiocarbonyl (C=S) groups is 1. The molecule has 0 radical (unpaired) electrons. The third-order valence-electron chi connectivity index (χ3n) is 2.49. The molecule has 19 heavy (non-hydrogen) atoms. The summed E-state index contributed by atoms with van der Waals surface area (Å²) in [5.74, 6) is 0.216. The summed E-state index contributed by atoms with van der Waals surface area (Å²) in [5, 5.41) is 4.79. The Morgan fingerprint density at radius 3 is 3.00 bits per heavy atom. The molecule has 0 unspecified atom stereocenters. The molecule has 1 aliphatic rings. The third-order valence-corrected chi connectivity index (χ3v) is 3.86. The van der Waals surface area contributed by atoms with Gasteiger partial charge in [-0.05, 0) is 12.1 Å². The minimum absolute atomic E-state index is 0.0911. The molecule has 1 aliphatic heterocycles. The van der Waals surface area contributed by atoms with Crippen molar-refractivity contribution in [1.29, 1.82) is 0 Å². The largest absolute Gasteiger partial charge is 0.497 e. The number of rotatable bonds is 4. The summed E-state index contributed by atoms with van der Waals surface area (Å²) in [6.07, 6.45) is 0.0911. The molecule has 1 heterocycles. The van der Waals surface area contributed by atoms with Crippen LogP contribution in [-0.4, -0.2) is 28.5 Å². The van der Waals surface area contributed by atoms with E-state index >= 15 is 0 Å². The Bertz CT molecular complexity index is 533. The van der Waals surface area contributed by atoms with Crippen LogP contribution in [0.5, 0.6) is 5.75 Å². The first-order valence-corrected chi connectivity index (χ1v) is 6.82. The Balaban J connectivity index is 1.94. The van der Waals surface area contributed by atoms with Crippen molar-refractivity contribution in [2.24, 2.45) is 0 Å². The highest BCUT2D eigenvalue weighted by Crippen LogP contribution is 2.23. The summed E-state index contributed by atoms with van der Waals surface area (Å²) >= 11 is 6.08. The van der Waals surface area contributed by atoms with E-state index in [1.165, 1.54) is 11.8 Å². The van der Waals surface area contributed by atoms with Gasteiger partial charge in [0, 0.05) is 18.2 Å². The highest BCUT2D eigenvalue weighted by molar-refractivity contribution is 8.24. The standard InChI is InChI=1S/C12H12N2O3S2/c1-17-8-4-2-3-7(5-8)13-10(15)6-9-11(16)14-12(18)19-9/h2-5,9H,6H2,1H3,(H,13,15)(H,14,16,18)/t9-/m1/s1. The first-order valence-electron chi connectivity index (χ1n) is 5.54. The van der Waals surface area contributed by atoms with Crippen molar-refractivity contribution in [3.63, 3.8) is 0 Å². The number of thioether (sulfide) groups is 1. The van der Waals surface area contributed by atoms with Crippen LogP contribution >= 0.6 is 24.0 Å². The van der Waals surface area contributed by atoms with Gasteiger partial charge in [0.25, 0.3) is 0 Å². The van der Waals surface area contributed by atoms with Crippen LogP contribution in [0.1, 0.15) is 6.42 Å². The molecule has 2 N–H and O–H groups in total. The second-order valence-corrected chi connectivity index (χ2v) is 5.75. The van der Waals surface area contributed by atoms with Crippen LogP contribution < -0.4 is 15.4 Å². The van der Waals surface area contributed by atoms with Gasteiger partial charge in [-0.15, -0.1) is 0 Å². The Morgan fingerprint density at radius 1 is 1.58 bits per heavy atom. The third kappa shape index (κ3) is 3.68. The van der Waals surface area contributed by atoms with Gasteiger partial charge < -0.3 is 15.4 Å². The second kappa shape index (κ2) is 6.03. The van der Waals surface area contributed by atoms with Crippen molar-refractivity contribution >= 4 is 45.8 Å². The van der Waals surface area contributed by atoms with Crippen LogP contribution in [0, 0.1) is 0 Å². The highest BCUT2D eigenvalue weighted by Gasteiger charge is 2.30. The number of hydrogen-bond acceptors (Lipinski definition) is 5. The summed E-state index contributed by atoms with van der Waals surface area (Å²) in [4.78, 5) is 23.3. The lowest BCUT2D eigenvalue weighted by Gasteiger charge is -2.08. The molecule has 1 aromatic rings. The maximum atomic E-state index is 11.8. The van der Waals surface area contributed by atoms with Crippen LogP contribution in [0.15, 0.2) is 24.3 Å². The van der Waals surface area contributed by atoms with Crippen LogP contribution in [0.2, 0.25) is 0 Å². The van der Waals surface area contributed by atoms with E-state index in [-0.39, 0.29) is 18.2 Å². The van der Waals surface area contributed by atoms with Crippen LogP contribution in [0.3, 0.4) is 0 Å². The number of amides is 2. The second-order valence-electron chi connectivity index (χ2n) is 3.87. The first-order chi connectivity index (χ1) is 9.08. The summed E-state index contributed by atoms with van der Waals surface area (Å²) in [5.41, 5.74) is 0.635. The predicted molar refractivity (Wildman–Crippen MR) is 78.4 cm³/mol. The summed E-state index contributed by atoms with van der Waals surface area (Å²) < 4.78 is 5.48. The van der Waals surface area contributed by atoms with E-state index in [1.807, 2.05) is 0 Å². The molecule has 1 fully saturated rings. The lowest BCUT2D eigenvalue weighted by atomic mass is 10.2. The molecule has 0 spiro atoms. The van der Waals surface area contributed by atoms with Gasteiger partial charge in [-0.2, -0.15) is 0 Å². The average Bonchev–Trinajstić information content (AvgIpc) is 2.68. The molecule has 2 amide bonds. The lowest BCUT2D eigenvalue weighted by molar-refractivity contribution is -0.122. The highest BCUT2D eigenvalue weighted by atomic mass is 32.2. The normalized spacial score (nSPS) is 18.1. The zero-order valence-corrected chi connectivity index (χ0v) is 11.8. The molecule has 0 bridgehead atoms. The maximum Gasteiger partial charge on any atom is 0.239 e.